The largest absolute Gasteiger partial charge is 0.357 e. The van der Waals surface area contributed by atoms with Crippen LogP contribution in [-0.4, -0.2) is 23.1 Å². The summed E-state index contributed by atoms with van der Waals surface area (Å²) in [5, 5.41) is 0. The first kappa shape index (κ1) is 10.4. The molecule has 0 radical (unpaired) electrons. The Labute approximate surface area is 87.3 Å². The first-order chi connectivity index (χ1) is 6.27. The van der Waals surface area contributed by atoms with Crippen molar-refractivity contribution >= 4 is 21.7 Å². The zero-order chi connectivity index (χ0) is 9.68. The number of rotatable bonds is 4. The summed E-state index contributed by atoms with van der Waals surface area (Å²) in [6, 6.07) is 1.94. The monoisotopic (exact) mass is 243 g/mol. The van der Waals surface area contributed by atoms with Gasteiger partial charge in [-0.2, -0.15) is 0 Å². The van der Waals surface area contributed by atoms with E-state index in [0.717, 1.165) is 29.9 Å². The molecule has 0 atom stereocenters. The minimum atomic E-state index is 0.840. The summed E-state index contributed by atoms with van der Waals surface area (Å²) in [5.74, 6) is 0.992. The SMILES string of the molecule is CCCN(CC)c1cc(Br)ncn1. The molecule has 0 fully saturated rings. The van der Waals surface area contributed by atoms with Crippen molar-refractivity contribution in [2.24, 2.45) is 0 Å². The van der Waals surface area contributed by atoms with Gasteiger partial charge in [-0.05, 0) is 29.3 Å². The topological polar surface area (TPSA) is 29.0 Å². The zero-order valence-corrected chi connectivity index (χ0v) is 9.58. The van der Waals surface area contributed by atoms with Crippen molar-refractivity contribution in [2.75, 3.05) is 18.0 Å². The van der Waals surface area contributed by atoms with Gasteiger partial charge in [-0.25, -0.2) is 9.97 Å². The minimum absolute atomic E-state index is 0.840. The highest BCUT2D eigenvalue weighted by molar-refractivity contribution is 9.10. The molecule has 1 rings (SSSR count). The lowest BCUT2D eigenvalue weighted by Crippen LogP contribution is -2.24. The van der Waals surface area contributed by atoms with Crippen LogP contribution in [0.3, 0.4) is 0 Å². The van der Waals surface area contributed by atoms with Gasteiger partial charge in [0, 0.05) is 19.2 Å². The van der Waals surface area contributed by atoms with Gasteiger partial charge in [-0.1, -0.05) is 6.92 Å². The first-order valence-corrected chi connectivity index (χ1v) is 5.29. The zero-order valence-electron chi connectivity index (χ0n) is 8.00. The lowest BCUT2D eigenvalue weighted by atomic mass is 10.4. The number of aromatic nitrogens is 2. The van der Waals surface area contributed by atoms with Crippen molar-refractivity contribution in [1.82, 2.24) is 9.97 Å². The highest BCUT2D eigenvalue weighted by Crippen LogP contribution is 2.14. The molecule has 0 unspecified atom stereocenters. The first-order valence-electron chi connectivity index (χ1n) is 4.50. The molecule has 0 bridgehead atoms. The van der Waals surface area contributed by atoms with Gasteiger partial charge in [0.2, 0.25) is 0 Å². The van der Waals surface area contributed by atoms with Gasteiger partial charge in [0.05, 0.1) is 0 Å². The van der Waals surface area contributed by atoms with E-state index in [0.29, 0.717) is 0 Å². The van der Waals surface area contributed by atoms with E-state index >= 15 is 0 Å². The fourth-order valence-corrected chi connectivity index (χ4v) is 1.50. The van der Waals surface area contributed by atoms with Crippen LogP contribution in [0.25, 0.3) is 0 Å². The molecule has 0 aliphatic rings. The molecule has 1 aromatic rings. The fraction of sp³-hybridized carbons (Fsp3) is 0.556. The molecule has 0 aliphatic heterocycles. The van der Waals surface area contributed by atoms with Crippen molar-refractivity contribution in [3.8, 4) is 0 Å². The predicted octanol–water partition coefficient (Wildman–Crippen LogP) is 2.48. The van der Waals surface area contributed by atoms with Crippen molar-refractivity contribution in [3.63, 3.8) is 0 Å². The molecule has 0 saturated carbocycles. The van der Waals surface area contributed by atoms with Gasteiger partial charge < -0.3 is 4.90 Å². The normalized spacial score (nSPS) is 10.1. The third-order valence-corrected chi connectivity index (χ3v) is 2.25. The molecule has 0 saturated heterocycles. The molecule has 3 nitrogen and oxygen atoms in total. The number of halogens is 1. The van der Waals surface area contributed by atoms with Crippen LogP contribution in [0.5, 0.6) is 0 Å². The molecule has 0 N–H and O–H groups in total. The van der Waals surface area contributed by atoms with Crippen LogP contribution in [0.2, 0.25) is 0 Å². The Morgan fingerprint density at radius 1 is 1.38 bits per heavy atom. The second-order valence-corrected chi connectivity index (χ2v) is 3.59. The molecule has 13 heavy (non-hydrogen) atoms. The highest BCUT2D eigenvalue weighted by atomic mass is 79.9. The quantitative estimate of drug-likeness (QED) is 0.762. The van der Waals surface area contributed by atoms with E-state index in [1.165, 1.54) is 0 Å². The van der Waals surface area contributed by atoms with Crippen LogP contribution in [0.1, 0.15) is 20.3 Å². The predicted molar refractivity (Wildman–Crippen MR) is 57.9 cm³/mol. The Morgan fingerprint density at radius 2 is 2.15 bits per heavy atom. The standard InChI is InChI=1S/C9H14BrN3/c1-3-5-13(4-2)9-6-8(10)11-7-12-9/h6-7H,3-5H2,1-2H3. The van der Waals surface area contributed by atoms with Crippen LogP contribution in [0.4, 0.5) is 5.82 Å². The average Bonchev–Trinajstić information content (AvgIpc) is 2.14. The summed E-state index contributed by atoms with van der Waals surface area (Å²) in [5.41, 5.74) is 0. The van der Waals surface area contributed by atoms with Crippen LogP contribution < -0.4 is 4.90 Å². The third-order valence-electron chi connectivity index (χ3n) is 1.82. The summed E-state index contributed by atoms with van der Waals surface area (Å²) >= 11 is 3.33. The maximum Gasteiger partial charge on any atom is 0.133 e. The lowest BCUT2D eigenvalue weighted by molar-refractivity contribution is 0.775. The fourth-order valence-electron chi connectivity index (χ4n) is 1.20. The molecular formula is C9H14BrN3. The summed E-state index contributed by atoms with van der Waals surface area (Å²) < 4.78 is 0.840. The Bertz CT molecular complexity index is 265. The molecular weight excluding hydrogens is 230 g/mol. The molecule has 0 amide bonds. The second-order valence-electron chi connectivity index (χ2n) is 2.78. The second kappa shape index (κ2) is 5.17. The molecule has 0 spiro atoms. The van der Waals surface area contributed by atoms with E-state index in [1.54, 1.807) is 6.33 Å². The van der Waals surface area contributed by atoms with E-state index in [1.807, 2.05) is 6.07 Å². The molecule has 1 heterocycles. The Hall–Kier alpha value is -0.640. The van der Waals surface area contributed by atoms with Gasteiger partial charge in [0.25, 0.3) is 0 Å². The molecule has 1 aromatic heterocycles. The smallest absolute Gasteiger partial charge is 0.133 e. The van der Waals surface area contributed by atoms with Crippen molar-refractivity contribution in [1.29, 1.82) is 0 Å². The summed E-state index contributed by atoms with van der Waals surface area (Å²) in [7, 11) is 0. The van der Waals surface area contributed by atoms with Gasteiger partial charge >= 0.3 is 0 Å². The van der Waals surface area contributed by atoms with E-state index < -0.39 is 0 Å². The van der Waals surface area contributed by atoms with Crippen molar-refractivity contribution in [3.05, 3.63) is 17.0 Å². The molecule has 0 aromatic carbocycles. The van der Waals surface area contributed by atoms with Crippen LogP contribution in [-0.2, 0) is 0 Å². The Kier molecular flexibility index (Phi) is 4.15. The number of nitrogens with zero attached hydrogens (tertiary/aromatic N) is 3. The van der Waals surface area contributed by atoms with Crippen LogP contribution in [0, 0.1) is 0 Å². The summed E-state index contributed by atoms with van der Waals surface area (Å²) in [6.07, 6.45) is 2.72. The molecule has 0 aliphatic carbocycles. The van der Waals surface area contributed by atoms with Gasteiger partial charge in [-0.15, -0.1) is 0 Å². The van der Waals surface area contributed by atoms with E-state index in [4.69, 9.17) is 0 Å². The van der Waals surface area contributed by atoms with E-state index in [2.05, 4.69) is 44.6 Å². The van der Waals surface area contributed by atoms with Crippen molar-refractivity contribution < 1.29 is 0 Å². The molecule has 72 valence electrons. The van der Waals surface area contributed by atoms with Gasteiger partial charge in [-0.3, -0.25) is 0 Å². The summed E-state index contributed by atoms with van der Waals surface area (Å²) in [4.78, 5) is 10.4. The molecule has 4 heteroatoms. The third kappa shape index (κ3) is 2.95. The van der Waals surface area contributed by atoms with Crippen molar-refractivity contribution in [2.45, 2.75) is 20.3 Å². The Morgan fingerprint density at radius 3 is 2.69 bits per heavy atom. The van der Waals surface area contributed by atoms with Crippen LogP contribution in [0.15, 0.2) is 17.0 Å². The maximum absolute atomic E-state index is 4.21. The number of hydrogen-bond acceptors (Lipinski definition) is 3. The van der Waals surface area contributed by atoms with E-state index in [9.17, 15) is 0 Å². The van der Waals surface area contributed by atoms with Crippen LogP contribution >= 0.6 is 15.9 Å². The van der Waals surface area contributed by atoms with E-state index in [-0.39, 0.29) is 0 Å². The number of hydrogen-bond donors (Lipinski definition) is 0. The lowest BCUT2D eigenvalue weighted by Gasteiger charge is -2.20. The van der Waals surface area contributed by atoms with Gasteiger partial charge in [0.1, 0.15) is 16.7 Å². The number of anilines is 1. The average molecular weight is 244 g/mol. The van der Waals surface area contributed by atoms with Gasteiger partial charge in [0.15, 0.2) is 0 Å². The summed E-state index contributed by atoms with van der Waals surface area (Å²) in [6.45, 7) is 6.32. The highest BCUT2D eigenvalue weighted by Gasteiger charge is 2.04. The Balaban J connectivity index is 2.78. The maximum atomic E-state index is 4.21. The minimum Gasteiger partial charge on any atom is -0.357 e.